The van der Waals surface area contributed by atoms with Crippen LogP contribution in [0, 0.1) is 0 Å². The molecule has 3 N–H and O–H groups in total. The van der Waals surface area contributed by atoms with E-state index >= 15 is 0 Å². The Morgan fingerprint density at radius 3 is 2.32 bits per heavy atom. The number of nitrogens with two attached hydrogens (primary N) is 1. The van der Waals surface area contributed by atoms with E-state index in [2.05, 4.69) is 9.82 Å². The van der Waals surface area contributed by atoms with Crippen molar-refractivity contribution < 1.29 is 13.2 Å². The summed E-state index contributed by atoms with van der Waals surface area (Å²) in [5.74, 6) is -0.576. The fourth-order valence-corrected chi connectivity index (χ4v) is 3.63. The molecule has 0 unspecified atom stereocenters. The van der Waals surface area contributed by atoms with Crippen molar-refractivity contribution in [1.29, 1.82) is 0 Å². The van der Waals surface area contributed by atoms with E-state index < -0.39 is 15.9 Å². The quantitative estimate of drug-likeness (QED) is 0.729. The molecule has 0 aliphatic rings. The number of hydrogen-bond donors (Lipinski definition) is 2. The average molecular weight is 356 g/mol. The fourth-order valence-electron chi connectivity index (χ4n) is 2.37. The zero-order chi connectivity index (χ0) is 18.0. The maximum atomic E-state index is 12.8. The molecule has 0 spiro atoms. The van der Waals surface area contributed by atoms with Gasteiger partial charge < -0.3 is 5.73 Å². The third-order valence-electron chi connectivity index (χ3n) is 3.55. The second-order valence-electron chi connectivity index (χ2n) is 5.43. The SMILES string of the molecule is Cn1cc(S(=O)(=O)Nc2ccc(C(N)=O)cc2)c(-c2ccccc2)n1. The van der Waals surface area contributed by atoms with Gasteiger partial charge in [-0.2, -0.15) is 5.10 Å². The van der Waals surface area contributed by atoms with Crippen LogP contribution in [0.15, 0.2) is 65.7 Å². The van der Waals surface area contributed by atoms with Crippen molar-refractivity contribution in [3.05, 3.63) is 66.4 Å². The lowest BCUT2D eigenvalue weighted by Crippen LogP contribution is -2.14. The van der Waals surface area contributed by atoms with Crippen LogP contribution in [0.2, 0.25) is 0 Å². The summed E-state index contributed by atoms with van der Waals surface area (Å²) >= 11 is 0. The topological polar surface area (TPSA) is 107 Å². The van der Waals surface area contributed by atoms with Crippen LogP contribution in [0.4, 0.5) is 5.69 Å². The van der Waals surface area contributed by atoms with Gasteiger partial charge in [0.15, 0.2) is 0 Å². The number of aryl methyl sites for hydroxylation is 1. The third kappa shape index (κ3) is 3.53. The van der Waals surface area contributed by atoms with Crippen molar-refractivity contribution in [3.63, 3.8) is 0 Å². The van der Waals surface area contributed by atoms with Gasteiger partial charge in [0.25, 0.3) is 10.0 Å². The zero-order valence-electron chi connectivity index (χ0n) is 13.4. The van der Waals surface area contributed by atoms with Gasteiger partial charge in [0, 0.05) is 30.1 Å². The molecule has 0 fully saturated rings. The maximum absolute atomic E-state index is 12.8. The van der Waals surface area contributed by atoms with E-state index in [1.165, 1.54) is 35.1 Å². The van der Waals surface area contributed by atoms with E-state index in [0.29, 0.717) is 22.5 Å². The Bertz CT molecular complexity index is 1010. The summed E-state index contributed by atoms with van der Waals surface area (Å²) in [6, 6.07) is 15.0. The summed E-state index contributed by atoms with van der Waals surface area (Å²) in [6.45, 7) is 0. The van der Waals surface area contributed by atoms with Crippen molar-refractivity contribution in [3.8, 4) is 11.3 Å². The highest BCUT2D eigenvalue weighted by Gasteiger charge is 2.23. The molecule has 0 aliphatic heterocycles. The molecule has 2 aromatic carbocycles. The Hall–Kier alpha value is -3.13. The summed E-state index contributed by atoms with van der Waals surface area (Å²) in [5, 5.41) is 4.26. The Morgan fingerprint density at radius 2 is 1.72 bits per heavy atom. The summed E-state index contributed by atoms with van der Waals surface area (Å²) in [5.41, 5.74) is 6.87. The lowest BCUT2D eigenvalue weighted by Gasteiger charge is -2.08. The Morgan fingerprint density at radius 1 is 1.08 bits per heavy atom. The summed E-state index contributed by atoms with van der Waals surface area (Å²) < 4.78 is 29.5. The van der Waals surface area contributed by atoms with E-state index in [9.17, 15) is 13.2 Å². The normalized spacial score (nSPS) is 11.2. The van der Waals surface area contributed by atoms with Gasteiger partial charge in [0.2, 0.25) is 5.91 Å². The molecule has 3 rings (SSSR count). The van der Waals surface area contributed by atoms with Gasteiger partial charge in [-0.25, -0.2) is 8.42 Å². The molecule has 1 amide bonds. The second kappa shape index (κ2) is 6.40. The lowest BCUT2D eigenvalue weighted by molar-refractivity contribution is 0.100. The highest BCUT2D eigenvalue weighted by atomic mass is 32.2. The number of hydrogen-bond acceptors (Lipinski definition) is 4. The van der Waals surface area contributed by atoms with Crippen LogP contribution >= 0.6 is 0 Å². The minimum Gasteiger partial charge on any atom is -0.366 e. The molecular weight excluding hydrogens is 340 g/mol. The molecule has 8 heteroatoms. The highest BCUT2D eigenvalue weighted by molar-refractivity contribution is 7.92. The minimum absolute atomic E-state index is 0.0696. The van der Waals surface area contributed by atoms with Gasteiger partial charge >= 0.3 is 0 Å². The van der Waals surface area contributed by atoms with Gasteiger partial charge in [0.05, 0.1) is 0 Å². The summed E-state index contributed by atoms with van der Waals surface area (Å²) in [4.78, 5) is 11.2. The molecule has 1 aromatic heterocycles. The first-order chi connectivity index (χ1) is 11.9. The maximum Gasteiger partial charge on any atom is 0.265 e. The van der Waals surface area contributed by atoms with Gasteiger partial charge in [-0.15, -0.1) is 0 Å². The number of benzene rings is 2. The molecule has 0 aliphatic carbocycles. The average Bonchev–Trinajstić information content (AvgIpc) is 2.99. The molecule has 25 heavy (non-hydrogen) atoms. The predicted octanol–water partition coefficient (Wildman–Crippen LogP) is 1.99. The Balaban J connectivity index is 1.97. The number of nitrogens with zero attached hydrogens (tertiary/aromatic N) is 2. The van der Waals surface area contributed by atoms with Crippen LogP contribution in [0.3, 0.4) is 0 Å². The van der Waals surface area contributed by atoms with Crippen LogP contribution in [0.25, 0.3) is 11.3 Å². The lowest BCUT2D eigenvalue weighted by atomic mass is 10.2. The van der Waals surface area contributed by atoms with Crippen LogP contribution in [-0.4, -0.2) is 24.1 Å². The first-order valence-corrected chi connectivity index (χ1v) is 8.87. The molecule has 3 aromatic rings. The molecule has 7 nitrogen and oxygen atoms in total. The number of aromatic nitrogens is 2. The minimum atomic E-state index is -3.85. The van der Waals surface area contributed by atoms with E-state index in [4.69, 9.17) is 5.73 Å². The van der Waals surface area contributed by atoms with Crippen molar-refractivity contribution in [1.82, 2.24) is 9.78 Å². The third-order valence-corrected chi connectivity index (χ3v) is 4.94. The van der Waals surface area contributed by atoms with Gasteiger partial charge in [0.1, 0.15) is 10.6 Å². The first-order valence-electron chi connectivity index (χ1n) is 7.38. The molecule has 0 saturated carbocycles. The van der Waals surface area contributed by atoms with Crippen molar-refractivity contribution in [2.24, 2.45) is 12.8 Å². The van der Waals surface area contributed by atoms with Gasteiger partial charge in [-0.3, -0.25) is 14.2 Å². The fraction of sp³-hybridized carbons (Fsp3) is 0.0588. The van der Waals surface area contributed by atoms with E-state index in [0.717, 1.165) is 0 Å². The summed E-state index contributed by atoms with van der Waals surface area (Å²) in [7, 11) is -2.19. The molecule has 1 heterocycles. The highest BCUT2D eigenvalue weighted by Crippen LogP contribution is 2.27. The number of carbonyl (C=O) groups excluding carboxylic acids is 1. The molecular formula is C17H16N4O3S. The van der Waals surface area contributed by atoms with Crippen LogP contribution < -0.4 is 10.5 Å². The predicted molar refractivity (Wildman–Crippen MR) is 94.4 cm³/mol. The zero-order valence-corrected chi connectivity index (χ0v) is 14.2. The summed E-state index contributed by atoms with van der Waals surface area (Å²) in [6.07, 6.45) is 1.45. The Kier molecular flexibility index (Phi) is 4.28. The monoisotopic (exact) mass is 356 g/mol. The van der Waals surface area contributed by atoms with E-state index in [-0.39, 0.29) is 4.90 Å². The first kappa shape index (κ1) is 16.7. The molecule has 0 bridgehead atoms. The molecule has 128 valence electrons. The van der Waals surface area contributed by atoms with Crippen molar-refractivity contribution in [2.45, 2.75) is 4.90 Å². The standard InChI is InChI=1S/C17H16N4O3S/c1-21-11-15(16(19-21)12-5-3-2-4-6-12)25(23,24)20-14-9-7-13(8-10-14)17(18)22/h2-11,20H,1H3,(H2,18,22). The smallest absolute Gasteiger partial charge is 0.265 e. The van der Waals surface area contributed by atoms with E-state index in [1.54, 1.807) is 19.2 Å². The van der Waals surface area contributed by atoms with Crippen LogP contribution in [0.5, 0.6) is 0 Å². The molecule has 0 atom stereocenters. The van der Waals surface area contributed by atoms with Crippen LogP contribution in [0.1, 0.15) is 10.4 Å². The number of nitrogens with one attached hydrogen (secondary N) is 1. The number of carbonyl (C=O) groups is 1. The Labute approximate surface area is 145 Å². The number of rotatable bonds is 5. The number of primary amides is 1. The van der Waals surface area contributed by atoms with Crippen LogP contribution in [-0.2, 0) is 17.1 Å². The van der Waals surface area contributed by atoms with Gasteiger partial charge in [-0.1, -0.05) is 30.3 Å². The second-order valence-corrected chi connectivity index (χ2v) is 7.08. The van der Waals surface area contributed by atoms with Gasteiger partial charge in [-0.05, 0) is 24.3 Å². The van der Waals surface area contributed by atoms with E-state index in [1.807, 2.05) is 18.2 Å². The molecule has 0 radical (unpaired) electrons. The van der Waals surface area contributed by atoms with Crippen molar-refractivity contribution >= 4 is 21.6 Å². The number of anilines is 1. The number of sulfonamides is 1. The largest absolute Gasteiger partial charge is 0.366 e. The number of amides is 1. The molecule has 0 saturated heterocycles. The van der Waals surface area contributed by atoms with Crippen molar-refractivity contribution in [2.75, 3.05) is 4.72 Å².